The van der Waals surface area contributed by atoms with E-state index in [0.717, 1.165) is 16.5 Å². The van der Waals surface area contributed by atoms with E-state index in [1.54, 1.807) is 6.92 Å². The number of carboxylic acid groups (broad SMARTS) is 1. The summed E-state index contributed by atoms with van der Waals surface area (Å²) in [5, 5.41) is 10.7. The van der Waals surface area contributed by atoms with Crippen LogP contribution in [0, 0.1) is 0 Å². The summed E-state index contributed by atoms with van der Waals surface area (Å²) < 4.78 is 6.62. The number of aliphatic carboxylic acids is 1. The van der Waals surface area contributed by atoms with Crippen LogP contribution in [0.1, 0.15) is 23.0 Å². The third kappa shape index (κ3) is 3.10. The third-order valence-corrected chi connectivity index (χ3v) is 3.58. The fraction of sp³-hybridized carbons (Fsp3) is 0.333. The summed E-state index contributed by atoms with van der Waals surface area (Å²) in [6.07, 6.45) is 0.626. The number of esters is 1. The highest BCUT2D eigenvalue weighted by atomic mass is 79.9. The maximum atomic E-state index is 12.3. The summed E-state index contributed by atoms with van der Waals surface area (Å²) in [6.45, 7) is 1.71. The van der Waals surface area contributed by atoms with E-state index in [4.69, 9.17) is 9.84 Å². The predicted molar refractivity (Wildman–Crippen MR) is 83.0 cm³/mol. The van der Waals surface area contributed by atoms with Crippen molar-refractivity contribution in [1.29, 1.82) is 0 Å². The molecule has 0 radical (unpaired) electrons. The summed E-state index contributed by atoms with van der Waals surface area (Å²) in [6, 6.07) is 7.42. The van der Waals surface area contributed by atoms with Crippen molar-refractivity contribution in [3.05, 3.63) is 35.5 Å². The van der Waals surface area contributed by atoms with E-state index >= 15 is 0 Å². The number of para-hydroxylation sites is 1. The Hall–Kier alpha value is -1.82. The highest BCUT2D eigenvalue weighted by molar-refractivity contribution is 9.09. The summed E-state index contributed by atoms with van der Waals surface area (Å²) in [7, 11) is 0. The summed E-state index contributed by atoms with van der Waals surface area (Å²) in [4.78, 5) is 23.4. The number of aromatic nitrogens is 1. The molecule has 0 saturated heterocycles. The first-order valence-electron chi connectivity index (χ1n) is 6.65. The molecule has 2 rings (SSSR count). The zero-order valence-corrected chi connectivity index (χ0v) is 13.2. The van der Waals surface area contributed by atoms with E-state index in [9.17, 15) is 9.59 Å². The lowest BCUT2D eigenvalue weighted by Crippen LogP contribution is -2.18. The minimum Gasteiger partial charge on any atom is -0.480 e. The van der Waals surface area contributed by atoms with Gasteiger partial charge < -0.3 is 14.4 Å². The number of fused-ring (bicyclic) bond motifs is 1. The van der Waals surface area contributed by atoms with E-state index in [0.29, 0.717) is 17.4 Å². The lowest BCUT2D eigenvalue weighted by molar-refractivity contribution is -0.137. The average molecular weight is 354 g/mol. The van der Waals surface area contributed by atoms with Crippen LogP contribution < -0.4 is 0 Å². The van der Waals surface area contributed by atoms with Gasteiger partial charge in [-0.15, -0.1) is 0 Å². The van der Waals surface area contributed by atoms with Crippen molar-refractivity contribution in [1.82, 2.24) is 4.57 Å². The molecule has 0 spiro atoms. The maximum absolute atomic E-state index is 12.3. The van der Waals surface area contributed by atoms with Gasteiger partial charge in [-0.2, -0.15) is 0 Å². The van der Waals surface area contributed by atoms with Crippen LogP contribution in [-0.2, 0) is 22.5 Å². The first-order chi connectivity index (χ1) is 10.1. The SMILES string of the molecule is CCOC(=O)c1c(CCBr)c2ccccc2n1CC(=O)O. The van der Waals surface area contributed by atoms with Gasteiger partial charge in [0.2, 0.25) is 0 Å². The number of ether oxygens (including phenoxy) is 1. The number of carboxylic acids is 1. The Bertz CT molecular complexity index is 678. The second kappa shape index (κ2) is 6.76. The summed E-state index contributed by atoms with van der Waals surface area (Å²) in [5.74, 6) is -1.47. The van der Waals surface area contributed by atoms with Gasteiger partial charge in [-0.3, -0.25) is 4.79 Å². The van der Waals surface area contributed by atoms with Gasteiger partial charge in [-0.1, -0.05) is 34.1 Å². The van der Waals surface area contributed by atoms with Crippen molar-refractivity contribution >= 4 is 38.8 Å². The highest BCUT2D eigenvalue weighted by Crippen LogP contribution is 2.28. The van der Waals surface area contributed by atoms with Gasteiger partial charge in [-0.25, -0.2) is 4.79 Å². The van der Waals surface area contributed by atoms with Gasteiger partial charge in [0, 0.05) is 16.2 Å². The smallest absolute Gasteiger partial charge is 0.355 e. The van der Waals surface area contributed by atoms with E-state index < -0.39 is 11.9 Å². The topological polar surface area (TPSA) is 68.5 Å². The molecule has 0 unspecified atom stereocenters. The normalized spacial score (nSPS) is 10.8. The molecule has 0 aliphatic rings. The Morgan fingerprint density at radius 1 is 1.33 bits per heavy atom. The summed E-state index contributed by atoms with van der Waals surface area (Å²) >= 11 is 3.38. The molecule has 0 amide bonds. The molecule has 0 fully saturated rings. The first-order valence-corrected chi connectivity index (χ1v) is 7.77. The van der Waals surface area contributed by atoms with Crippen molar-refractivity contribution in [2.24, 2.45) is 0 Å². The second-order valence-corrected chi connectivity index (χ2v) is 5.28. The lowest BCUT2D eigenvalue weighted by Gasteiger charge is -2.09. The highest BCUT2D eigenvalue weighted by Gasteiger charge is 2.24. The Labute approximate surface area is 130 Å². The molecule has 0 atom stereocenters. The molecule has 0 aliphatic heterocycles. The van der Waals surface area contributed by atoms with Gasteiger partial charge >= 0.3 is 11.9 Å². The lowest BCUT2D eigenvalue weighted by atomic mass is 10.1. The molecule has 0 saturated carbocycles. The fourth-order valence-corrected chi connectivity index (χ4v) is 2.85. The Balaban J connectivity index is 2.72. The van der Waals surface area contributed by atoms with Crippen LogP contribution in [0.25, 0.3) is 10.9 Å². The van der Waals surface area contributed by atoms with Gasteiger partial charge in [0.25, 0.3) is 0 Å². The van der Waals surface area contributed by atoms with E-state index in [-0.39, 0.29) is 13.2 Å². The van der Waals surface area contributed by atoms with Gasteiger partial charge in [0.15, 0.2) is 0 Å². The minimum absolute atomic E-state index is 0.251. The molecule has 21 heavy (non-hydrogen) atoms. The van der Waals surface area contributed by atoms with E-state index in [1.165, 1.54) is 4.57 Å². The maximum Gasteiger partial charge on any atom is 0.355 e. The fourth-order valence-electron chi connectivity index (χ4n) is 2.46. The summed E-state index contributed by atoms with van der Waals surface area (Å²) in [5.41, 5.74) is 1.89. The molecule has 0 aliphatic carbocycles. The number of rotatable bonds is 6. The molecule has 1 N–H and O–H groups in total. The van der Waals surface area contributed by atoms with Gasteiger partial charge in [0.1, 0.15) is 12.2 Å². The minimum atomic E-state index is -0.994. The van der Waals surface area contributed by atoms with Crippen molar-refractivity contribution in [3.8, 4) is 0 Å². The number of nitrogens with zero attached hydrogens (tertiary/aromatic N) is 1. The molecule has 2 aromatic rings. The monoisotopic (exact) mass is 353 g/mol. The zero-order valence-electron chi connectivity index (χ0n) is 11.6. The van der Waals surface area contributed by atoms with Gasteiger partial charge in [0.05, 0.1) is 6.61 Å². The van der Waals surface area contributed by atoms with Crippen molar-refractivity contribution in [2.45, 2.75) is 19.9 Å². The van der Waals surface area contributed by atoms with Crippen molar-refractivity contribution < 1.29 is 19.4 Å². The average Bonchev–Trinajstić information content (AvgIpc) is 2.74. The molecule has 0 bridgehead atoms. The zero-order chi connectivity index (χ0) is 15.4. The number of benzene rings is 1. The number of halogens is 1. The molecule has 1 heterocycles. The Morgan fingerprint density at radius 3 is 2.67 bits per heavy atom. The second-order valence-electron chi connectivity index (χ2n) is 4.48. The van der Waals surface area contributed by atoms with E-state index in [2.05, 4.69) is 15.9 Å². The third-order valence-electron chi connectivity index (χ3n) is 3.18. The van der Waals surface area contributed by atoms with Gasteiger partial charge in [-0.05, 0) is 25.0 Å². The van der Waals surface area contributed by atoms with Crippen LogP contribution in [0.2, 0.25) is 0 Å². The van der Waals surface area contributed by atoms with Crippen molar-refractivity contribution in [3.63, 3.8) is 0 Å². The number of alkyl halides is 1. The molecule has 6 heteroatoms. The largest absolute Gasteiger partial charge is 0.480 e. The Morgan fingerprint density at radius 2 is 2.05 bits per heavy atom. The van der Waals surface area contributed by atoms with Crippen LogP contribution in [0.4, 0.5) is 0 Å². The first kappa shape index (κ1) is 15.6. The molecule has 1 aromatic carbocycles. The number of aryl methyl sites for hydroxylation is 1. The van der Waals surface area contributed by atoms with Crippen LogP contribution in [0.15, 0.2) is 24.3 Å². The van der Waals surface area contributed by atoms with Crippen LogP contribution in [-0.4, -0.2) is 33.5 Å². The molecule has 1 aromatic heterocycles. The van der Waals surface area contributed by atoms with Crippen LogP contribution in [0.3, 0.4) is 0 Å². The number of hydrogen-bond donors (Lipinski definition) is 1. The van der Waals surface area contributed by atoms with Crippen LogP contribution >= 0.6 is 15.9 Å². The number of carbonyl (C=O) groups excluding carboxylic acids is 1. The predicted octanol–water partition coefficient (Wildman–Crippen LogP) is 2.84. The number of hydrogen-bond acceptors (Lipinski definition) is 3. The molecule has 5 nitrogen and oxygen atoms in total. The standard InChI is InChI=1S/C15H16BrNO4/c1-2-21-15(20)14-11(7-8-16)10-5-3-4-6-12(10)17(14)9-13(18)19/h3-6H,2,7-9H2,1H3,(H,18,19). The van der Waals surface area contributed by atoms with E-state index in [1.807, 2.05) is 24.3 Å². The number of carbonyl (C=O) groups is 2. The Kier molecular flexibility index (Phi) is 5.01. The quantitative estimate of drug-likeness (QED) is 0.640. The molecule has 112 valence electrons. The van der Waals surface area contributed by atoms with Crippen LogP contribution in [0.5, 0.6) is 0 Å². The molecular weight excluding hydrogens is 338 g/mol. The molecular formula is C15H16BrNO4. The van der Waals surface area contributed by atoms with Crippen molar-refractivity contribution in [2.75, 3.05) is 11.9 Å².